The second-order valence-electron chi connectivity index (χ2n) is 5.64. The molecular weight excluding hydrogens is 360 g/mol. The Labute approximate surface area is 159 Å². The van der Waals surface area contributed by atoms with Crippen molar-refractivity contribution in [3.05, 3.63) is 96.6 Å². The van der Waals surface area contributed by atoms with Gasteiger partial charge in [-0.25, -0.2) is 4.79 Å². The molecule has 0 aliphatic heterocycles. The van der Waals surface area contributed by atoms with Crippen LogP contribution in [0, 0.1) is 0 Å². The molecule has 4 aromatic rings. The van der Waals surface area contributed by atoms with Crippen LogP contribution in [0.1, 0.15) is 10.4 Å². The lowest BCUT2D eigenvalue weighted by Gasteiger charge is -2.05. The average molecular weight is 375 g/mol. The minimum absolute atomic E-state index is 0.342. The second-order valence-corrected chi connectivity index (χ2v) is 7.79. The highest BCUT2D eigenvalue weighted by Gasteiger charge is 2.30. The van der Waals surface area contributed by atoms with Gasteiger partial charge in [0, 0.05) is 11.1 Å². The number of ether oxygens (including phenoxy) is 1. The highest BCUT2D eigenvalue weighted by molar-refractivity contribution is 7.72. The van der Waals surface area contributed by atoms with Gasteiger partial charge in [0.15, 0.2) is 10.3 Å². The summed E-state index contributed by atoms with van der Waals surface area (Å²) in [6, 6.07) is 29.2. The molecular formula is C22H15O2S2+. The smallest absolute Gasteiger partial charge is 0.343 e. The van der Waals surface area contributed by atoms with Gasteiger partial charge in [-0.15, -0.1) is 0 Å². The number of rotatable bonds is 4. The third-order valence-electron chi connectivity index (χ3n) is 3.90. The van der Waals surface area contributed by atoms with E-state index in [9.17, 15) is 4.79 Å². The lowest BCUT2D eigenvalue weighted by Crippen LogP contribution is -2.08. The SMILES string of the molecule is O=C(Oc1c(-c2ccccc2)s[s+]c1-c1ccccc1)c1ccccc1. The van der Waals surface area contributed by atoms with Crippen LogP contribution in [-0.4, -0.2) is 5.97 Å². The summed E-state index contributed by atoms with van der Waals surface area (Å²) in [5.74, 6) is 0.289. The Hall–Kier alpha value is -2.82. The summed E-state index contributed by atoms with van der Waals surface area (Å²) in [6.45, 7) is 0. The van der Waals surface area contributed by atoms with Gasteiger partial charge in [-0.05, 0) is 24.3 Å². The molecule has 0 atom stereocenters. The summed E-state index contributed by atoms with van der Waals surface area (Å²) in [7, 11) is 3.25. The number of benzene rings is 3. The summed E-state index contributed by atoms with van der Waals surface area (Å²) < 4.78 is 5.89. The predicted octanol–water partition coefficient (Wildman–Crippen LogP) is 6.64. The van der Waals surface area contributed by atoms with Crippen molar-refractivity contribution in [2.45, 2.75) is 0 Å². The van der Waals surface area contributed by atoms with Crippen molar-refractivity contribution in [1.82, 2.24) is 0 Å². The number of esters is 1. The minimum atomic E-state index is -0.342. The summed E-state index contributed by atoms with van der Waals surface area (Å²) in [4.78, 5) is 14.6. The third-order valence-corrected chi connectivity index (χ3v) is 6.41. The van der Waals surface area contributed by atoms with Crippen LogP contribution in [-0.2, 0) is 0 Å². The van der Waals surface area contributed by atoms with Crippen molar-refractivity contribution in [1.29, 1.82) is 0 Å². The van der Waals surface area contributed by atoms with Crippen LogP contribution in [0.3, 0.4) is 0 Å². The molecule has 0 radical (unpaired) electrons. The van der Waals surface area contributed by atoms with Crippen LogP contribution >= 0.6 is 20.7 Å². The van der Waals surface area contributed by atoms with E-state index in [2.05, 4.69) is 0 Å². The molecule has 0 unspecified atom stereocenters. The number of carbonyl (C=O) groups excluding carboxylic acids is 1. The molecule has 1 heterocycles. The normalized spacial score (nSPS) is 10.5. The highest BCUT2D eigenvalue weighted by atomic mass is 32.9. The molecule has 0 fully saturated rings. The van der Waals surface area contributed by atoms with Gasteiger partial charge in [0.25, 0.3) is 4.88 Å². The van der Waals surface area contributed by atoms with Gasteiger partial charge in [0.2, 0.25) is 5.75 Å². The van der Waals surface area contributed by atoms with Crippen LogP contribution in [0.5, 0.6) is 5.75 Å². The van der Waals surface area contributed by atoms with Gasteiger partial charge in [0.1, 0.15) is 4.88 Å². The lowest BCUT2D eigenvalue weighted by molar-refractivity contribution is 0.0737. The minimum Gasteiger partial charge on any atom is -0.415 e. The van der Waals surface area contributed by atoms with Gasteiger partial charge < -0.3 is 4.74 Å². The fraction of sp³-hybridized carbons (Fsp3) is 0. The maximum absolute atomic E-state index is 12.7. The molecule has 26 heavy (non-hydrogen) atoms. The molecule has 0 bridgehead atoms. The van der Waals surface area contributed by atoms with E-state index >= 15 is 0 Å². The zero-order valence-corrected chi connectivity index (χ0v) is 15.4. The first-order valence-corrected chi connectivity index (χ1v) is 10.3. The Balaban J connectivity index is 1.80. The molecule has 3 aromatic carbocycles. The summed E-state index contributed by atoms with van der Waals surface area (Å²) in [5, 5.41) is 0. The van der Waals surface area contributed by atoms with Crippen LogP contribution < -0.4 is 4.74 Å². The van der Waals surface area contributed by atoms with Crippen molar-refractivity contribution in [2.24, 2.45) is 0 Å². The molecule has 0 N–H and O–H groups in total. The fourth-order valence-corrected chi connectivity index (χ4v) is 5.28. The Bertz CT molecular complexity index is 953. The first kappa shape index (κ1) is 16.6. The van der Waals surface area contributed by atoms with Crippen LogP contribution in [0.4, 0.5) is 0 Å². The molecule has 0 saturated carbocycles. The van der Waals surface area contributed by atoms with Crippen LogP contribution in [0.25, 0.3) is 20.9 Å². The first-order valence-electron chi connectivity index (χ1n) is 8.17. The average Bonchev–Trinajstić information content (AvgIpc) is 3.13. The van der Waals surface area contributed by atoms with Gasteiger partial charge >= 0.3 is 16.3 Å². The molecule has 126 valence electrons. The van der Waals surface area contributed by atoms with Crippen molar-refractivity contribution in [3.8, 4) is 26.6 Å². The Kier molecular flexibility index (Phi) is 4.86. The molecule has 0 spiro atoms. The Morgan fingerprint density at radius 2 is 1.27 bits per heavy atom. The van der Waals surface area contributed by atoms with Gasteiger partial charge in [-0.2, -0.15) is 0 Å². The van der Waals surface area contributed by atoms with E-state index in [0.29, 0.717) is 11.3 Å². The molecule has 4 rings (SSSR count). The highest BCUT2D eigenvalue weighted by Crippen LogP contribution is 2.48. The second kappa shape index (κ2) is 7.60. The van der Waals surface area contributed by atoms with E-state index in [0.717, 1.165) is 20.9 Å². The van der Waals surface area contributed by atoms with Crippen molar-refractivity contribution in [3.63, 3.8) is 0 Å². The van der Waals surface area contributed by atoms with E-state index in [-0.39, 0.29) is 5.97 Å². The summed E-state index contributed by atoms with van der Waals surface area (Å²) in [5.41, 5.74) is 2.64. The first-order chi connectivity index (χ1) is 12.8. The summed E-state index contributed by atoms with van der Waals surface area (Å²) in [6.07, 6.45) is 0. The number of hydrogen-bond donors (Lipinski definition) is 0. The number of carbonyl (C=O) groups is 1. The van der Waals surface area contributed by atoms with Crippen molar-refractivity contribution in [2.75, 3.05) is 0 Å². The number of hydrogen-bond acceptors (Lipinski definition) is 3. The van der Waals surface area contributed by atoms with E-state index in [1.165, 1.54) is 0 Å². The van der Waals surface area contributed by atoms with E-state index in [1.54, 1.807) is 32.8 Å². The molecule has 0 amide bonds. The zero-order valence-electron chi connectivity index (χ0n) is 13.8. The third kappa shape index (κ3) is 3.43. The van der Waals surface area contributed by atoms with E-state index in [4.69, 9.17) is 4.74 Å². The van der Waals surface area contributed by atoms with Gasteiger partial charge in [-0.1, -0.05) is 66.7 Å². The lowest BCUT2D eigenvalue weighted by atomic mass is 10.1. The molecule has 1 aromatic heterocycles. The molecule has 4 heteroatoms. The Morgan fingerprint density at radius 1 is 0.731 bits per heavy atom. The van der Waals surface area contributed by atoms with Crippen LogP contribution in [0.15, 0.2) is 91.0 Å². The van der Waals surface area contributed by atoms with Crippen molar-refractivity contribution < 1.29 is 9.53 Å². The Morgan fingerprint density at radius 3 is 1.88 bits per heavy atom. The summed E-state index contributed by atoms with van der Waals surface area (Å²) >= 11 is 0. The maximum atomic E-state index is 12.7. The molecule has 0 aliphatic rings. The standard InChI is InChI=1S/C22H15O2S2/c23-22(18-14-8-3-9-15-18)24-19-20(16-10-4-1-5-11-16)25-26-21(19)17-12-6-2-7-13-17/h1-15H/q+1. The largest absolute Gasteiger partial charge is 0.415 e. The monoisotopic (exact) mass is 375 g/mol. The van der Waals surface area contributed by atoms with Crippen molar-refractivity contribution >= 4 is 26.7 Å². The topological polar surface area (TPSA) is 26.3 Å². The maximum Gasteiger partial charge on any atom is 0.343 e. The van der Waals surface area contributed by atoms with Gasteiger partial charge in [-0.3, -0.25) is 0 Å². The van der Waals surface area contributed by atoms with E-state index < -0.39 is 0 Å². The molecule has 0 saturated heterocycles. The van der Waals surface area contributed by atoms with Gasteiger partial charge in [0.05, 0.1) is 5.56 Å². The van der Waals surface area contributed by atoms with Crippen LogP contribution in [0.2, 0.25) is 0 Å². The molecule has 0 aliphatic carbocycles. The predicted molar refractivity (Wildman–Crippen MR) is 109 cm³/mol. The molecule has 2 nitrogen and oxygen atoms in total. The zero-order chi connectivity index (χ0) is 17.8. The quantitative estimate of drug-likeness (QED) is 0.227. The van der Waals surface area contributed by atoms with E-state index in [1.807, 2.05) is 78.9 Å². The fourth-order valence-electron chi connectivity index (χ4n) is 2.62.